The predicted octanol–water partition coefficient (Wildman–Crippen LogP) is 5.06. The summed E-state index contributed by atoms with van der Waals surface area (Å²) in [6, 6.07) is 0. The van der Waals surface area contributed by atoms with Crippen LogP contribution in [0.1, 0.15) is 54.9 Å². The molecule has 0 aliphatic carbocycles. The van der Waals surface area contributed by atoms with Crippen LogP contribution < -0.4 is 5.32 Å². The second-order valence-corrected chi connectivity index (χ2v) is 14.4. The molecule has 0 fully saturated rings. The van der Waals surface area contributed by atoms with Gasteiger partial charge in [-0.1, -0.05) is 45.6 Å². The zero-order valence-electron chi connectivity index (χ0n) is 17.7. The summed E-state index contributed by atoms with van der Waals surface area (Å²) in [6.45, 7) is 21.4. The molecule has 1 amide bonds. The van der Waals surface area contributed by atoms with Crippen LogP contribution >= 0.6 is 0 Å². The third-order valence-corrected chi connectivity index (χ3v) is 9.48. The van der Waals surface area contributed by atoms with Gasteiger partial charge in [0, 0.05) is 12.0 Å². The molecule has 0 aliphatic rings. The van der Waals surface area contributed by atoms with Crippen molar-refractivity contribution in [1.29, 1.82) is 0 Å². The molecule has 0 saturated heterocycles. The van der Waals surface area contributed by atoms with E-state index in [1.807, 2.05) is 5.70 Å². The minimum Gasteiger partial charge on any atom is -0.479 e. The van der Waals surface area contributed by atoms with Crippen LogP contribution in [0.4, 0.5) is 4.79 Å². The van der Waals surface area contributed by atoms with Crippen molar-refractivity contribution in [3.05, 3.63) is 29.7 Å². The van der Waals surface area contributed by atoms with Crippen LogP contribution in [0.2, 0.25) is 18.1 Å². The quantitative estimate of drug-likeness (QED) is 0.383. The number of carbonyl (C=O) groups is 2. The summed E-state index contributed by atoms with van der Waals surface area (Å²) in [5.74, 6) is -1.17. The van der Waals surface area contributed by atoms with Crippen LogP contribution in [0.25, 0.3) is 0 Å². The number of aliphatic carboxylic acids is 1. The molecule has 0 aromatic rings. The SMILES string of the molecule is C=CC[C@@](NC(=O)OC(C)(C)C)(C(=O)O)C(C)=C=C[Si](C)(C)C(C)(C)C. The fourth-order valence-electron chi connectivity index (χ4n) is 1.92. The number of hydrogen-bond acceptors (Lipinski definition) is 3. The van der Waals surface area contributed by atoms with Gasteiger partial charge in [0.15, 0.2) is 5.54 Å². The third-order valence-electron chi connectivity index (χ3n) is 4.75. The molecule has 0 saturated carbocycles. The second kappa shape index (κ2) is 8.27. The van der Waals surface area contributed by atoms with E-state index in [1.54, 1.807) is 27.7 Å². The van der Waals surface area contributed by atoms with Crippen molar-refractivity contribution < 1.29 is 19.4 Å². The molecule has 0 bridgehead atoms. The van der Waals surface area contributed by atoms with Gasteiger partial charge in [0.1, 0.15) is 5.60 Å². The molecular formula is C20H35NO4Si. The van der Waals surface area contributed by atoms with Gasteiger partial charge < -0.3 is 15.2 Å². The molecule has 0 aliphatic heterocycles. The van der Waals surface area contributed by atoms with E-state index in [4.69, 9.17) is 4.74 Å². The van der Waals surface area contributed by atoms with Gasteiger partial charge in [-0.2, -0.15) is 0 Å². The third kappa shape index (κ3) is 6.50. The maximum absolute atomic E-state index is 12.2. The lowest BCUT2D eigenvalue weighted by molar-refractivity contribution is -0.143. The summed E-state index contributed by atoms with van der Waals surface area (Å²) in [5, 5.41) is 12.5. The van der Waals surface area contributed by atoms with Gasteiger partial charge in [0.25, 0.3) is 0 Å². The number of nitrogens with one attached hydrogen (secondary N) is 1. The van der Waals surface area contributed by atoms with E-state index in [2.05, 4.69) is 51.5 Å². The van der Waals surface area contributed by atoms with Gasteiger partial charge in [-0.3, -0.25) is 0 Å². The van der Waals surface area contributed by atoms with E-state index in [0.29, 0.717) is 5.57 Å². The van der Waals surface area contributed by atoms with Crippen molar-refractivity contribution in [2.24, 2.45) is 0 Å². The van der Waals surface area contributed by atoms with E-state index in [1.165, 1.54) is 6.08 Å². The number of carbonyl (C=O) groups excluding carboxylic acids is 1. The Kier molecular flexibility index (Phi) is 7.71. The topological polar surface area (TPSA) is 75.6 Å². The van der Waals surface area contributed by atoms with Crippen molar-refractivity contribution in [1.82, 2.24) is 5.32 Å². The van der Waals surface area contributed by atoms with Crippen molar-refractivity contribution in [3.8, 4) is 0 Å². The largest absolute Gasteiger partial charge is 0.479 e. The van der Waals surface area contributed by atoms with Gasteiger partial charge in [-0.25, -0.2) is 9.59 Å². The van der Waals surface area contributed by atoms with Crippen LogP contribution in [0.3, 0.4) is 0 Å². The molecule has 5 nitrogen and oxygen atoms in total. The van der Waals surface area contributed by atoms with Gasteiger partial charge >= 0.3 is 12.1 Å². The summed E-state index contributed by atoms with van der Waals surface area (Å²) in [4.78, 5) is 24.3. The average Bonchev–Trinajstić information content (AvgIpc) is 2.40. The zero-order valence-corrected chi connectivity index (χ0v) is 18.7. The fraction of sp³-hybridized carbons (Fsp3) is 0.650. The summed E-state index contributed by atoms with van der Waals surface area (Å²) < 4.78 is 5.25. The normalized spacial score (nSPS) is 14.5. The molecule has 0 aromatic heterocycles. The van der Waals surface area contributed by atoms with Crippen molar-refractivity contribution >= 4 is 20.1 Å². The number of amides is 1. The number of ether oxygens (including phenoxy) is 1. The first-order chi connectivity index (χ1) is 11.5. The van der Waals surface area contributed by atoms with Gasteiger partial charge in [-0.05, 0) is 32.7 Å². The Labute approximate surface area is 159 Å². The Hall–Kier alpha value is -1.78. The smallest absolute Gasteiger partial charge is 0.408 e. The highest BCUT2D eigenvalue weighted by Crippen LogP contribution is 2.36. The number of alkyl carbamates (subject to hydrolysis) is 1. The Morgan fingerprint density at radius 1 is 1.19 bits per heavy atom. The Morgan fingerprint density at radius 3 is 2.04 bits per heavy atom. The van der Waals surface area contributed by atoms with Crippen molar-refractivity contribution in [2.75, 3.05) is 0 Å². The van der Waals surface area contributed by atoms with Gasteiger partial charge in [0.05, 0.1) is 8.07 Å². The summed E-state index contributed by atoms with van der Waals surface area (Å²) >= 11 is 0. The highest BCUT2D eigenvalue weighted by Gasteiger charge is 2.42. The van der Waals surface area contributed by atoms with Crippen LogP contribution in [-0.2, 0) is 9.53 Å². The van der Waals surface area contributed by atoms with Crippen molar-refractivity contribution in [2.45, 2.75) is 84.2 Å². The zero-order chi connectivity index (χ0) is 21.0. The molecule has 2 N–H and O–H groups in total. The standard InChI is InChI=1S/C20H35NO4Si/c1-11-13-20(16(22)23,21-17(24)25-18(3,4)5)15(2)12-14-26(9,10)19(6,7)8/h11,14H,1,13H2,2-10H3,(H,21,24)(H,22,23)/t12?,20-/m0/s1. The number of hydrogen-bond donors (Lipinski definition) is 2. The number of carboxylic acids is 1. The number of rotatable bonds is 6. The van der Waals surface area contributed by atoms with E-state index in [-0.39, 0.29) is 11.5 Å². The van der Waals surface area contributed by atoms with E-state index in [9.17, 15) is 14.7 Å². The van der Waals surface area contributed by atoms with Crippen molar-refractivity contribution in [3.63, 3.8) is 0 Å². The summed E-state index contributed by atoms with van der Waals surface area (Å²) in [7, 11) is -1.80. The Balaban J connectivity index is 6.11. The molecule has 0 aromatic carbocycles. The first kappa shape index (κ1) is 24.2. The molecule has 0 unspecified atom stereocenters. The van der Waals surface area contributed by atoms with E-state index in [0.717, 1.165) is 0 Å². The second-order valence-electron chi connectivity index (χ2n) is 9.22. The lowest BCUT2D eigenvalue weighted by Gasteiger charge is -2.34. The average molecular weight is 382 g/mol. The maximum atomic E-state index is 12.2. The number of carboxylic acid groups (broad SMARTS) is 1. The fourth-order valence-corrected chi connectivity index (χ4v) is 2.93. The van der Waals surface area contributed by atoms with Crippen LogP contribution in [0.15, 0.2) is 29.7 Å². The predicted molar refractivity (Wildman–Crippen MR) is 109 cm³/mol. The van der Waals surface area contributed by atoms with Crippen LogP contribution in [-0.4, -0.2) is 36.4 Å². The minimum absolute atomic E-state index is 0.0335. The first-order valence-electron chi connectivity index (χ1n) is 8.79. The molecule has 0 radical (unpaired) electrons. The molecule has 6 heteroatoms. The lowest BCUT2D eigenvalue weighted by atomic mass is 9.87. The summed E-state index contributed by atoms with van der Waals surface area (Å²) in [6.07, 6.45) is 0.726. The summed E-state index contributed by atoms with van der Waals surface area (Å²) in [5.41, 5.74) is 3.22. The first-order valence-corrected chi connectivity index (χ1v) is 11.9. The van der Waals surface area contributed by atoms with Crippen LogP contribution in [0.5, 0.6) is 0 Å². The molecule has 1 atom stereocenters. The molecule has 0 heterocycles. The maximum Gasteiger partial charge on any atom is 0.408 e. The molecular weight excluding hydrogens is 346 g/mol. The molecule has 26 heavy (non-hydrogen) atoms. The minimum atomic E-state index is -1.80. The highest BCUT2D eigenvalue weighted by atomic mass is 28.3. The molecule has 0 rings (SSSR count). The monoisotopic (exact) mass is 381 g/mol. The molecule has 0 spiro atoms. The highest BCUT2D eigenvalue weighted by molar-refractivity contribution is 6.84. The van der Waals surface area contributed by atoms with Gasteiger partial charge in [0.2, 0.25) is 0 Å². The van der Waals surface area contributed by atoms with Gasteiger partial charge in [-0.15, -0.1) is 12.3 Å². The Bertz CT molecular complexity index is 617. The van der Waals surface area contributed by atoms with E-state index >= 15 is 0 Å². The Morgan fingerprint density at radius 2 is 1.69 bits per heavy atom. The lowest BCUT2D eigenvalue weighted by Crippen LogP contribution is -2.56. The van der Waals surface area contributed by atoms with Crippen LogP contribution in [0, 0.1) is 0 Å². The van der Waals surface area contributed by atoms with E-state index < -0.39 is 31.3 Å². The molecule has 148 valence electrons.